The number of nitrogens with zero attached hydrogens (tertiary/aromatic N) is 6. The van der Waals surface area contributed by atoms with Crippen molar-refractivity contribution in [2.75, 3.05) is 51.7 Å². The lowest BCUT2D eigenvalue weighted by Gasteiger charge is -2.43. The number of aromatic nitrogens is 3. The summed E-state index contributed by atoms with van der Waals surface area (Å²) >= 11 is 0. The molecular weight excluding hydrogens is 605 g/mol. The number of anilines is 1. The zero-order valence-corrected chi connectivity index (χ0v) is 28.0. The summed E-state index contributed by atoms with van der Waals surface area (Å²) in [4.78, 5) is 29.6. The number of fused-ring (bicyclic) bond motifs is 5. The van der Waals surface area contributed by atoms with Gasteiger partial charge < -0.3 is 29.7 Å². The lowest BCUT2D eigenvalue weighted by molar-refractivity contribution is -0.130. The van der Waals surface area contributed by atoms with Gasteiger partial charge in [-0.1, -0.05) is 24.3 Å². The topological polar surface area (TPSA) is 89.8 Å². The highest BCUT2D eigenvalue weighted by atomic mass is 19.1. The highest BCUT2D eigenvalue weighted by molar-refractivity contribution is 6.10. The third kappa shape index (κ3) is 4.38. The van der Waals surface area contributed by atoms with Gasteiger partial charge in [0.15, 0.2) is 11.6 Å². The first-order valence-electron chi connectivity index (χ1n) is 17.3. The maximum absolute atomic E-state index is 17.4. The van der Waals surface area contributed by atoms with Crippen molar-refractivity contribution < 1.29 is 14.3 Å². The lowest BCUT2D eigenvalue weighted by atomic mass is 9.79. The molecule has 1 amide bonds. The van der Waals surface area contributed by atoms with Gasteiger partial charge in [0.25, 0.3) is 0 Å². The molecule has 4 aliphatic heterocycles. The molecule has 2 N–H and O–H groups in total. The van der Waals surface area contributed by atoms with Gasteiger partial charge in [-0.3, -0.25) is 4.79 Å². The molecule has 4 atom stereocenters. The van der Waals surface area contributed by atoms with E-state index >= 15 is 4.39 Å². The number of hydrogen-bond acceptors (Lipinski definition) is 7. The number of amides is 1. The summed E-state index contributed by atoms with van der Waals surface area (Å²) in [5.41, 5.74) is 4.02. The van der Waals surface area contributed by atoms with Crippen molar-refractivity contribution in [1.29, 1.82) is 0 Å². The first-order chi connectivity index (χ1) is 23.2. The molecule has 0 spiro atoms. The Morgan fingerprint density at radius 1 is 1.06 bits per heavy atom. The van der Waals surface area contributed by atoms with Crippen molar-refractivity contribution in [3.8, 4) is 16.9 Å². The highest BCUT2D eigenvalue weighted by Gasteiger charge is 2.50. The molecule has 4 unspecified atom stereocenters. The number of likely N-dealkylation sites (tertiary alicyclic amines) is 1. The minimum atomic E-state index is -0.377. The van der Waals surface area contributed by atoms with E-state index in [1.807, 2.05) is 36.1 Å². The van der Waals surface area contributed by atoms with Gasteiger partial charge in [-0.2, -0.15) is 0 Å². The number of phenolic OH excluding ortho intramolecular Hbond substituents is 1. The number of aromatic hydroxyl groups is 1. The quantitative estimate of drug-likeness (QED) is 0.258. The van der Waals surface area contributed by atoms with Crippen molar-refractivity contribution in [1.82, 2.24) is 29.7 Å². The van der Waals surface area contributed by atoms with Crippen LogP contribution in [0.15, 0.2) is 42.5 Å². The Balaban J connectivity index is 1.33. The highest BCUT2D eigenvalue weighted by Crippen LogP contribution is 2.50. The van der Waals surface area contributed by atoms with E-state index in [0.29, 0.717) is 41.2 Å². The van der Waals surface area contributed by atoms with Crippen LogP contribution in [0.5, 0.6) is 5.75 Å². The molecule has 0 radical (unpaired) electrons. The molecule has 48 heavy (non-hydrogen) atoms. The SMILES string of the molecule is CC(=O)N1CCCC(c2nc3c(N4CC(N(C)C)C4)nc4c(F)c(-c5cc(O)cc6ccccc56)c(C)cc4c3n2C2C3CNC2C3)C1. The van der Waals surface area contributed by atoms with Gasteiger partial charge in [0.2, 0.25) is 5.91 Å². The first-order valence-corrected chi connectivity index (χ1v) is 17.3. The van der Waals surface area contributed by atoms with Crippen LogP contribution in [-0.2, 0) is 4.79 Å². The third-order valence-electron chi connectivity index (χ3n) is 11.7. The van der Waals surface area contributed by atoms with E-state index in [9.17, 15) is 9.90 Å². The largest absolute Gasteiger partial charge is 0.508 e. The van der Waals surface area contributed by atoms with Crippen LogP contribution >= 0.6 is 0 Å². The monoisotopic (exact) mass is 647 g/mol. The predicted octanol–water partition coefficient (Wildman–Crippen LogP) is 5.57. The van der Waals surface area contributed by atoms with E-state index in [4.69, 9.17) is 9.97 Å². The molecule has 1 saturated carbocycles. The fourth-order valence-corrected chi connectivity index (χ4v) is 8.99. The number of halogens is 1. The van der Waals surface area contributed by atoms with E-state index < -0.39 is 0 Å². The van der Waals surface area contributed by atoms with Crippen molar-refractivity contribution in [2.24, 2.45) is 5.92 Å². The predicted molar refractivity (Wildman–Crippen MR) is 187 cm³/mol. The Morgan fingerprint density at radius 3 is 2.60 bits per heavy atom. The van der Waals surface area contributed by atoms with Crippen LogP contribution in [0.4, 0.5) is 10.2 Å². The van der Waals surface area contributed by atoms with Crippen molar-refractivity contribution >= 4 is 44.4 Å². The number of phenols is 1. The number of rotatable bonds is 5. The van der Waals surface area contributed by atoms with Crippen LogP contribution in [-0.4, -0.2) is 94.3 Å². The van der Waals surface area contributed by atoms with Gasteiger partial charge in [-0.25, -0.2) is 14.4 Å². The average molecular weight is 648 g/mol. The molecule has 4 saturated heterocycles. The summed E-state index contributed by atoms with van der Waals surface area (Å²) in [6.45, 7) is 7.57. The van der Waals surface area contributed by atoms with Crippen LogP contribution < -0.4 is 10.2 Å². The van der Waals surface area contributed by atoms with Crippen molar-refractivity contribution in [2.45, 2.75) is 57.2 Å². The fraction of sp³-hybridized carbons (Fsp3) is 0.447. The second-order valence-electron chi connectivity index (χ2n) is 14.8. The van der Waals surface area contributed by atoms with E-state index in [-0.39, 0.29) is 29.4 Å². The second-order valence-corrected chi connectivity index (χ2v) is 14.8. The third-order valence-corrected chi connectivity index (χ3v) is 11.7. The molecule has 5 aromatic rings. The number of piperidine rings is 1. The Labute approximate surface area is 279 Å². The normalized spacial score (nSPS) is 24.2. The minimum Gasteiger partial charge on any atom is -0.508 e. The van der Waals surface area contributed by atoms with Crippen LogP contribution in [0, 0.1) is 18.7 Å². The lowest BCUT2D eigenvalue weighted by Crippen LogP contribution is -2.57. The number of benzene rings is 3. The van der Waals surface area contributed by atoms with Crippen LogP contribution in [0.25, 0.3) is 43.8 Å². The number of aryl methyl sites for hydroxylation is 1. The number of likely N-dealkylation sites (N-methyl/N-ethyl adjacent to an activating group) is 1. The zero-order valence-electron chi connectivity index (χ0n) is 28.0. The summed E-state index contributed by atoms with van der Waals surface area (Å²) in [6, 6.07) is 14.2. The summed E-state index contributed by atoms with van der Waals surface area (Å²) in [6.07, 6.45) is 3.02. The molecular formula is C38H42FN7O2. The van der Waals surface area contributed by atoms with Crippen molar-refractivity contribution in [3.05, 3.63) is 59.7 Å². The molecule has 6 heterocycles. The summed E-state index contributed by atoms with van der Waals surface area (Å²) in [5, 5.41) is 16.9. The Bertz CT molecular complexity index is 2120. The molecule has 5 fully saturated rings. The first kappa shape index (κ1) is 29.8. The Kier molecular flexibility index (Phi) is 6.75. The van der Waals surface area contributed by atoms with E-state index in [0.717, 1.165) is 89.8 Å². The van der Waals surface area contributed by atoms with Gasteiger partial charge in [-0.15, -0.1) is 0 Å². The van der Waals surface area contributed by atoms with Gasteiger partial charge >= 0.3 is 0 Å². The number of imidazole rings is 1. The van der Waals surface area contributed by atoms with Gasteiger partial charge in [0, 0.05) is 68.6 Å². The molecule has 2 bridgehead atoms. The van der Waals surface area contributed by atoms with Gasteiger partial charge in [0.05, 0.1) is 11.6 Å². The van der Waals surface area contributed by atoms with E-state index in [2.05, 4.69) is 39.8 Å². The van der Waals surface area contributed by atoms with Crippen LogP contribution in [0.1, 0.15) is 49.5 Å². The molecule has 2 aromatic heterocycles. The number of nitrogens with one attached hydrogen (secondary N) is 1. The second kappa shape index (κ2) is 10.9. The maximum Gasteiger partial charge on any atom is 0.219 e. The smallest absolute Gasteiger partial charge is 0.219 e. The van der Waals surface area contributed by atoms with Gasteiger partial charge in [-0.05, 0) is 86.3 Å². The number of carbonyl (C=O) groups is 1. The van der Waals surface area contributed by atoms with E-state index in [1.54, 1.807) is 19.1 Å². The molecule has 9 nitrogen and oxygen atoms in total. The van der Waals surface area contributed by atoms with Crippen LogP contribution in [0.2, 0.25) is 0 Å². The molecule has 3 aromatic carbocycles. The Morgan fingerprint density at radius 2 is 1.88 bits per heavy atom. The van der Waals surface area contributed by atoms with E-state index in [1.165, 1.54) is 0 Å². The van der Waals surface area contributed by atoms with Crippen molar-refractivity contribution in [3.63, 3.8) is 0 Å². The number of hydrogen-bond donors (Lipinski definition) is 2. The van der Waals surface area contributed by atoms with Crippen LogP contribution in [0.3, 0.4) is 0 Å². The Hall–Kier alpha value is -4.28. The summed E-state index contributed by atoms with van der Waals surface area (Å²) < 4.78 is 19.9. The molecule has 1 aliphatic carbocycles. The number of carbonyl (C=O) groups excluding carboxylic acids is 1. The summed E-state index contributed by atoms with van der Waals surface area (Å²) in [7, 11) is 4.19. The molecule has 10 rings (SSSR count). The number of pyridine rings is 1. The zero-order chi connectivity index (χ0) is 33.0. The van der Waals surface area contributed by atoms with Gasteiger partial charge in [0.1, 0.15) is 22.6 Å². The molecule has 248 valence electrons. The summed E-state index contributed by atoms with van der Waals surface area (Å²) in [5.74, 6) is 2.12. The minimum absolute atomic E-state index is 0.0905. The molecule has 10 heteroatoms. The fourth-order valence-electron chi connectivity index (χ4n) is 8.99. The standard InChI is InChI=1S/C38H42FN7O2/c1-20-12-29-33(32(39)31(20)28-15-26(48)13-22-8-5-6-10-27(22)28)41-38(45-18-25(19-45)43(3)4)34-36(29)46(35-24-14-30(35)40-16-24)37(42-34)23-9-7-11-44(17-23)21(2)47/h5-6,8,10,12-13,15,23-25,30,35,40,48H,7,9,11,14,16-19H2,1-4H3. The average Bonchev–Trinajstić information content (AvgIpc) is 3.77. The molecule has 5 aliphatic rings. The maximum atomic E-state index is 17.4.